The minimum atomic E-state index is -0.684. The number of benzene rings is 2. The zero-order chi connectivity index (χ0) is 24.1. The summed E-state index contributed by atoms with van der Waals surface area (Å²) < 4.78 is 11.0. The van der Waals surface area contributed by atoms with Gasteiger partial charge in [-0.25, -0.2) is 0 Å². The number of carbonyl (C=O) groups is 2. The lowest BCUT2D eigenvalue weighted by atomic mass is 9.95. The maximum atomic E-state index is 13.2. The number of likely N-dealkylation sites (tertiary alicyclic amines) is 1. The first-order valence-electron chi connectivity index (χ1n) is 11.5. The molecule has 0 saturated carbocycles. The molecule has 0 aromatic heterocycles. The van der Waals surface area contributed by atoms with E-state index in [2.05, 4.69) is 11.5 Å². The molecule has 2 aromatic carbocycles. The van der Waals surface area contributed by atoms with Gasteiger partial charge in [0.25, 0.3) is 11.7 Å². The summed E-state index contributed by atoms with van der Waals surface area (Å²) >= 11 is 0. The van der Waals surface area contributed by atoms with E-state index >= 15 is 0 Å². The molecule has 178 valence electrons. The fourth-order valence-corrected chi connectivity index (χ4v) is 4.30. The van der Waals surface area contributed by atoms with Crippen LogP contribution in [0.1, 0.15) is 22.7 Å². The van der Waals surface area contributed by atoms with Gasteiger partial charge in [0.05, 0.1) is 24.8 Å². The smallest absolute Gasteiger partial charge is 0.295 e. The van der Waals surface area contributed by atoms with Crippen molar-refractivity contribution >= 4 is 17.4 Å². The van der Waals surface area contributed by atoms with E-state index in [0.717, 1.165) is 24.2 Å². The number of aliphatic hydroxyl groups excluding tert-OH is 1. The highest BCUT2D eigenvalue weighted by atomic mass is 16.5. The average molecular weight is 463 g/mol. The van der Waals surface area contributed by atoms with Gasteiger partial charge in [0.1, 0.15) is 18.1 Å². The van der Waals surface area contributed by atoms with Gasteiger partial charge in [-0.3, -0.25) is 14.5 Å². The molecule has 1 N–H and O–H groups in total. The van der Waals surface area contributed by atoms with Crippen molar-refractivity contribution in [2.45, 2.75) is 13.0 Å². The fraction of sp³-hybridized carbons (Fsp3) is 0.333. The quantitative estimate of drug-likeness (QED) is 0.281. The Morgan fingerprint density at radius 1 is 1.09 bits per heavy atom. The molecule has 34 heavy (non-hydrogen) atoms. The number of nitrogens with zero attached hydrogens (tertiary/aromatic N) is 2. The molecule has 0 bridgehead atoms. The first-order valence-corrected chi connectivity index (χ1v) is 11.5. The lowest BCUT2D eigenvalue weighted by molar-refractivity contribution is -0.140. The van der Waals surface area contributed by atoms with Crippen molar-refractivity contribution in [3.05, 3.63) is 83.4 Å². The van der Waals surface area contributed by atoms with Crippen LogP contribution in [0.3, 0.4) is 0 Å². The minimum Gasteiger partial charge on any atom is -0.507 e. The second-order valence-electron chi connectivity index (χ2n) is 8.48. The number of hydrogen-bond donors (Lipinski definition) is 1. The Bertz CT molecular complexity index is 1070. The first-order chi connectivity index (χ1) is 16.5. The van der Waals surface area contributed by atoms with Crippen LogP contribution in [-0.2, 0) is 14.3 Å². The molecule has 0 unspecified atom stereocenters. The molecule has 2 heterocycles. The van der Waals surface area contributed by atoms with Crippen LogP contribution in [0, 0.1) is 6.92 Å². The number of hydrogen-bond acceptors (Lipinski definition) is 6. The van der Waals surface area contributed by atoms with E-state index < -0.39 is 17.7 Å². The van der Waals surface area contributed by atoms with Crippen LogP contribution in [-0.4, -0.2) is 72.6 Å². The summed E-state index contributed by atoms with van der Waals surface area (Å²) in [5, 5.41) is 11.2. The normalized spacial score (nSPS) is 20.5. The SMILES string of the molecule is C=CCOc1ccc([C@H]2/C(=C(\O)c3ccc(C)cc3)C(=O)C(=O)N2CCN2CCOCC2)cc1. The number of carbonyl (C=O) groups excluding carboxylic acids is 2. The van der Waals surface area contributed by atoms with E-state index in [4.69, 9.17) is 9.47 Å². The second-order valence-corrected chi connectivity index (χ2v) is 8.48. The van der Waals surface area contributed by atoms with Gasteiger partial charge in [-0.2, -0.15) is 0 Å². The largest absolute Gasteiger partial charge is 0.507 e. The monoisotopic (exact) mass is 462 g/mol. The lowest BCUT2D eigenvalue weighted by Gasteiger charge is -2.31. The molecule has 7 heteroatoms. The Morgan fingerprint density at radius 3 is 2.41 bits per heavy atom. The maximum Gasteiger partial charge on any atom is 0.295 e. The van der Waals surface area contributed by atoms with Crippen molar-refractivity contribution in [2.24, 2.45) is 0 Å². The summed E-state index contributed by atoms with van der Waals surface area (Å²) in [6.45, 7) is 9.85. The molecule has 2 fully saturated rings. The topological polar surface area (TPSA) is 79.3 Å². The average Bonchev–Trinajstić information content (AvgIpc) is 3.12. The maximum absolute atomic E-state index is 13.2. The number of ketones is 1. The predicted molar refractivity (Wildman–Crippen MR) is 130 cm³/mol. The highest BCUT2D eigenvalue weighted by Gasteiger charge is 2.46. The Kier molecular flexibility index (Phi) is 7.45. The number of aliphatic hydroxyl groups is 1. The summed E-state index contributed by atoms with van der Waals surface area (Å²) in [5.74, 6) is -0.771. The predicted octanol–water partition coefficient (Wildman–Crippen LogP) is 3.31. The van der Waals surface area contributed by atoms with E-state index in [1.807, 2.05) is 31.2 Å². The molecular weight excluding hydrogens is 432 g/mol. The molecule has 0 aliphatic carbocycles. The third-order valence-electron chi connectivity index (χ3n) is 6.19. The molecule has 1 amide bonds. The van der Waals surface area contributed by atoms with E-state index in [-0.39, 0.29) is 11.3 Å². The van der Waals surface area contributed by atoms with Gasteiger partial charge in [-0.1, -0.05) is 54.6 Å². The zero-order valence-corrected chi connectivity index (χ0v) is 19.4. The second kappa shape index (κ2) is 10.7. The van der Waals surface area contributed by atoms with Crippen LogP contribution in [0.2, 0.25) is 0 Å². The van der Waals surface area contributed by atoms with Crippen molar-refractivity contribution in [2.75, 3.05) is 46.0 Å². The van der Waals surface area contributed by atoms with Crippen molar-refractivity contribution in [3.8, 4) is 5.75 Å². The zero-order valence-electron chi connectivity index (χ0n) is 19.4. The molecular formula is C27H30N2O5. The summed E-state index contributed by atoms with van der Waals surface area (Å²) in [5.41, 5.74) is 2.39. The highest BCUT2D eigenvalue weighted by Crippen LogP contribution is 2.39. The molecule has 2 aliphatic heterocycles. The molecule has 0 spiro atoms. The standard InChI is InChI=1S/C27H30N2O5/c1-3-16-34-22-10-8-20(9-11-22)24-23(25(30)21-6-4-19(2)5-7-21)26(31)27(32)29(24)13-12-28-14-17-33-18-15-28/h3-11,24,30H,1,12-18H2,2H3/b25-23+/t24-/m0/s1. The van der Waals surface area contributed by atoms with Gasteiger partial charge in [0.2, 0.25) is 0 Å². The summed E-state index contributed by atoms with van der Waals surface area (Å²) in [6, 6.07) is 13.8. The number of Topliss-reactive ketones (excluding diaryl/α,β-unsaturated/α-hetero) is 1. The third-order valence-corrected chi connectivity index (χ3v) is 6.19. The van der Waals surface area contributed by atoms with Crippen molar-refractivity contribution < 1.29 is 24.2 Å². The summed E-state index contributed by atoms with van der Waals surface area (Å²) in [7, 11) is 0. The van der Waals surface area contributed by atoms with E-state index in [0.29, 0.717) is 44.2 Å². The van der Waals surface area contributed by atoms with Crippen LogP contribution in [0.15, 0.2) is 66.8 Å². The fourth-order valence-electron chi connectivity index (χ4n) is 4.30. The Labute approximate surface area is 199 Å². The van der Waals surface area contributed by atoms with Crippen LogP contribution in [0.5, 0.6) is 5.75 Å². The van der Waals surface area contributed by atoms with Gasteiger partial charge in [-0.05, 0) is 24.6 Å². The number of morpholine rings is 1. The molecule has 0 radical (unpaired) electrons. The Balaban J connectivity index is 1.70. The Morgan fingerprint density at radius 2 is 1.76 bits per heavy atom. The van der Waals surface area contributed by atoms with E-state index in [1.165, 1.54) is 0 Å². The van der Waals surface area contributed by atoms with Gasteiger partial charge in [0.15, 0.2) is 0 Å². The van der Waals surface area contributed by atoms with Crippen molar-refractivity contribution in [1.82, 2.24) is 9.80 Å². The highest BCUT2D eigenvalue weighted by molar-refractivity contribution is 6.46. The number of rotatable bonds is 8. The summed E-state index contributed by atoms with van der Waals surface area (Å²) in [6.07, 6.45) is 1.66. The van der Waals surface area contributed by atoms with Gasteiger partial charge in [0, 0.05) is 31.7 Å². The first kappa shape index (κ1) is 23.7. The van der Waals surface area contributed by atoms with Crippen LogP contribution < -0.4 is 4.74 Å². The van der Waals surface area contributed by atoms with Crippen LogP contribution in [0.4, 0.5) is 0 Å². The van der Waals surface area contributed by atoms with Crippen LogP contribution in [0.25, 0.3) is 5.76 Å². The van der Waals surface area contributed by atoms with Crippen molar-refractivity contribution in [1.29, 1.82) is 0 Å². The molecule has 1 atom stereocenters. The molecule has 2 saturated heterocycles. The summed E-state index contributed by atoms with van der Waals surface area (Å²) in [4.78, 5) is 30.1. The molecule has 2 aromatic rings. The lowest BCUT2D eigenvalue weighted by Crippen LogP contribution is -2.42. The number of ether oxygens (including phenoxy) is 2. The van der Waals surface area contributed by atoms with Gasteiger partial charge in [-0.15, -0.1) is 0 Å². The van der Waals surface area contributed by atoms with Gasteiger partial charge >= 0.3 is 0 Å². The van der Waals surface area contributed by atoms with E-state index in [1.54, 1.807) is 35.2 Å². The molecule has 4 rings (SSSR count). The van der Waals surface area contributed by atoms with Crippen LogP contribution >= 0.6 is 0 Å². The van der Waals surface area contributed by atoms with E-state index in [9.17, 15) is 14.7 Å². The minimum absolute atomic E-state index is 0.107. The Hall–Kier alpha value is -3.42. The molecule has 2 aliphatic rings. The molecule has 7 nitrogen and oxygen atoms in total. The third kappa shape index (κ3) is 5.05. The number of amides is 1. The number of aryl methyl sites for hydroxylation is 1. The van der Waals surface area contributed by atoms with Gasteiger partial charge < -0.3 is 19.5 Å². The van der Waals surface area contributed by atoms with Crippen molar-refractivity contribution in [3.63, 3.8) is 0 Å².